The monoisotopic (exact) mass is 278 g/mol. The molecular weight excluding hydrogens is 264 g/mol. The fourth-order valence-electron chi connectivity index (χ4n) is 1.50. The molecule has 0 spiro atoms. The van der Waals surface area contributed by atoms with Gasteiger partial charge in [0.2, 0.25) is 5.91 Å². The van der Waals surface area contributed by atoms with Crippen molar-refractivity contribution < 1.29 is 4.79 Å². The van der Waals surface area contributed by atoms with Gasteiger partial charge in [-0.3, -0.25) is 9.78 Å². The minimum atomic E-state index is 0.0180. The van der Waals surface area contributed by atoms with E-state index in [-0.39, 0.29) is 11.9 Å². The molecule has 0 radical (unpaired) electrons. The van der Waals surface area contributed by atoms with E-state index in [2.05, 4.69) is 10.3 Å². The Morgan fingerprint density at radius 3 is 2.89 bits per heavy atom. The number of amides is 1. The summed E-state index contributed by atoms with van der Waals surface area (Å²) >= 11 is 3.22. The normalized spacial score (nSPS) is 12.1. The first-order chi connectivity index (χ1) is 8.75. The zero-order valence-corrected chi connectivity index (χ0v) is 11.6. The van der Waals surface area contributed by atoms with Crippen LogP contribution >= 0.6 is 23.1 Å². The molecule has 94 valence electrons. The Bertz CT molecular complexity index is 485. The molecule has 18 heavy (non-hydrogen) atoms. The first-order valence-corrected chi connectivity index (χ1v) is 7.48. The van der Waals surface area contributed by atoms with Crippen molar-refractivity contribution >= 4 is 29.0 Å². The quantitative estimate of drug-likeness (QED) is 0.854. The third-order valence-corrected chi connectivity index (χ3v) is 4.56. The summed E-state index contributed by atoms with van der Waals surface area (Å²) in [6.45, 7) is 1.98. The smallest absolute Gasteiger partial charge is 0.230 e. The van der Waals surface area contributed by atoms with Crippen LogP contribution in [0.25, 0.3) is 0 Å². The summed E-state index contributed by atoms with van der Waals surface area (Å²) in [6.07, 6.45) is 3.47. The lowest BCUT2D eigenvalue weighted by Gasteiger charge is -2.13. The van der Waals surface area contributed by atoms with Crippen molar-refractivity contribution in [1.29, 1.82) is 0 Å². The molecule has 0 saturated heterocycles. The summed E-state index contributed by atoms with van der Waals surface area (Å²) in [5.41, 5.74) is 1.07. The van der Waals surface area contributed by atoms with Gasteiger partial charge in [-0.1, -0.05) is 6.07 Å². The van der Waals surface area contributed by atoms with Gasteiger partial charge >= 0.3 is 0 Å². The predicted octanol–water partition coefficient (Wildman–Crippen LogP) is 3.11. The summed E-state index contributed by atoms with van der Waals surface area (Å²) in [6, 6.07) is 7.86. The Balaban J connectivity index is 1.80. The van der Waals surface area contributed by atoms with Crippen LogP contribution in [0, 0.1) is 0 Å². The molecule has 3 nitrogen and oxygen atoms in total. The van der Waals surface area contributed by atoms with Crippen molar-refractivity contribution in [2.24, 2.45) is 0 Å². The van der Waals surface area contributed by atoms with Crippen LogP contribution in [0.2, 0.25) is 0 Å². The van der Waals surface area contributed by atoms with E-state index in [0.717, 1.165) is 5.56 Å². The number of nitrogens with zero attached hydrogens (tertiary/aromatic N) is 1. The molecule has 2 heterocycles. The highest BCUT2D eigenvalue weighted by Gasteiger charge is 2.09. The summed E-state index contributed by atoms with van der Waals surface area (Å²) in [4.78, 5) is 15.7. The number of nitrogens with one attached hydrogen (secondary N) is 1. The number of hydrogen-bond donors (Lipinski definition) is 1. The first kappa shape index (κ1) is 13.1. The maximum Gasteiger partial charge on any atom is 0.230 e. The van der Waals surface area contributed by atoms with Crippen LogP contribution in [-0.2, 0) is 4.79 Å². The maximum atomic E-state index is 11.8. The van der Waals surface area contributed by atoms with Gasteiger partial charge in [0, 0.05) is 12.4 Å². The Morgan fingerprint density at radius 1 is 1.44 bits per heavy atom. The lowest BCUT2D eigenvalue weighted by atomic mass is 10.1. The molecule has 2 aromatic heterocycles. The molecule has 0 aliphatic carbocycles. The number of thiophene rings is 1. The number of carbonyl (C=O) groups excluding carboxylic acids is 1. The third-order valence-electron chi connectivity index (χ3n) is 2.42. The highest BCUT2D eigenvalue weighted by Crippen LogP contribution is 2.23. The van der Waals surface area contributed by atoms with Crippen LogP contribution in [0.1, 0.15) is 18.5 Å². The number of hydrogen-bond acceptors (Lipinski definition) is 4. The Morgan fingerprint density at radius 2 is 2.22 bits per heavy atom. The second-order valence-corrected chi connectivity index (χ2v) is 6.01. The lowest BCUT2D eigenvalue weighted by molar-refractivity contribution is -0.119. The van der Waals surface area contributed by atoms with E-state index < -0.39 is 0 Å². The molecule has 1 amide bonds. The van der Waals surface area contributed by atoms with Gasteiger partial charge in [0.25, 0.3) is 0 Å². The van der Waals surface area contributed by atoms with Gasteiger partial charge in [-0.05, 0) is 36.1 Å². The molecule has 2 rings (SSSR count). The average molecular weight is 278 g/mol. The van der Waals surface area contributed by atoms with Gasteiger partial charge in [-0.25, -0.2) is 0 Å². The van der Waals surface area contributed by atoms with Crippen molar-refractivity contribution in [2.45, 2.75) is 17.2 Å². The highest BCUT2D eigenvalue weighted by molar-refractivity contribution is 8.01. The maximum absolute atomic E-state index is 11.8. The van der Waals surface area contributed by atoms with Crippen LogP contribution in [-0.4, -0.2) is 16.6 Å². The van der Waals surface area contributed by atoms with E-state index in [1.807, 2.05) is 36.6 Å². The molecule has 0 aliphatic rings. The minimum absolute atomic E-state index is 0.0180. The van der Waals surface area contributed by atoms with E-state index >= 15 is 0 Å². The second-order valence-electron chi connectivity index (χ2n) is 3.79. The van der Waals surface area contributed by atoms with Gasteiger partial charge in [0.15, 0.2) is 0 Å². The molecule has 2 aromatic rings. The highest BCUT2D eigenvalue weighted by atomic mass is 32.2. The molecule has 1 N–H and O–H groups in total. The largest absolute Gasteiger partial charge is 0.349 e. The minimum Gasteiger partial charge on any atom is -0.349 e. The topological polar surface area (TPSA) is 42.0 Å². The molecular formula is C13H14N2OS2. The number of rotatable bonds is 5. The number of carbonyl (C=O) groups is 1. The molecule has 0 aliphatic heterocycles. The molecule has 1 atom stereocenters. The zero-order valence-electron chi connectivity index (χ0n) is 10.00. The summed E-state index contributed by atoms with van der Waals surface area (Å²) in [7, 11) is 0. The zero-order chi connectivity index (χ0) is 12.8. The average Bonchev–Trinajstić information content (AvgIpc) is 2.90. The van der Waals surface area contributed by atoms with E-state index in [0.29, 0.717) is 5.75 Å². The van der Waals surface area contributed by atoms with Crippen molar-refractivity contribution in [3.05, 3.63) is 47.6 Å². The van der Waals surface area contributed by atoms with Crippen LogP contribution in [0.15, 0.2) is 46.2 Å². The molecule has 0 fully saturated rings. The van der Waals surface area contributed by atoms with Crippen molar-refractivity contribution in [2.75, 3.05) is 5.75 Å². The molecule has 1 unspecified atom stereocenters. The van der Waals surface area contributed by atoms with E-state index in [1.54, 1.807) is 35.5 Å². The fraction of sp³-hybridized carbons (Fsp3) is 0.231. The fourth-order valence-corrected chi connectivity index (χ4v) is 3.10. The third kappa shape index (κ3) is 3.85. The van der Waals surface area contributed by atoms with Gasteiger partial charge in [-0.15, -0.1) is 23.1 Å². The summed E-state index contributed by atoms with van der Waals surface area (Å²) in [5.74, 6) is 0.508. The molecule has 0 bridgehead atoms. The van der Waals surface area contributed by atoms with Crippen LogP contribution in [0.5, 0.6) is 0 Å². The van der Waals surface area contributed by atoms with Crippen molar-refractivity contribution in [3.63, 3.8) is 0 Å². The molecule has 0 aromatic carbocycles. The second kappa shape index (κ2) is 6.56. The summed E-state index contributed by atoms with van der Waals surface area (Å²) < 4.78 is 1.17. The molecule has 5 heteroatoms. The van der Waals surface area contributed by atoms with Gasteiger partial charge in [-0.2, -0.15) is 0 Å². The van der Waals surface area contributed by atoms with E-state index in [9.17, 15) is 4.79 Å². The van der Waals surface area contributed by atoms with Gasteiger partial charge < -0.3 is 5.32 Å². The molecule has 0 saturated carbocycles. The van der Waals surface area contributed by atoms with Gasteiger partial charge in [0.1, 0.15) is 0 Å². The Kier molecular flexibility index (Phi) is 4.78. The predicted molar refractivity (Wildman–Crippen MR) is 75.8 cm³/mol. The Labute approximate surface area is 115 Å². The Hall–Kier alpha value is -1.33. The van der Waals surface area contributed by atoms with Gasteiger partial charge in [0.05, 0.1) is 16.0 Å². The van der Waals surface area contributed by atoms with Crippen molar-refractivity contribution in [3.8, 4) is 0 Å². The lowest BCUT2D eigenvalue weighted by Crippen LogP contribution is -2.28. The number of pyridine rings is 1. The van der Waals surface area contributed by atoms with Crippen LogP contribution in [0.3, 0.4) is 0 Å². The summed E-state index contributed by atoms with van der Waals surface area (Å²) in [5, 5.41) is 4.99. The number of aromatic nitrogens is 1. The van der Waals surface area contributed by atoms with Crippen LogP contribution < -0.4 is 5.32 Å². The van der Waals surface area contributed by atoms with Crippen molar-refractivity contribution in [1.82, 2.24) is 10.3 Å². The van der Waals surface area contributed by atoms with Crippen LogP contribution in [0.4, 0.5) is 0 Å². The SMILES string of the molecule is CC(NC(=O)CSc1cccs1)c1ccncc1. The number of thioether (sulfide) groups is 1. The van der Waals surface area contributed by atoms with E-state index in [4.69, 9.17) is 0 Å². The van der Waals surface area contributed by atoms with E-state index in [1.165, 1.54) is 4.21 Å². The first-order valence-electron chi connectivity index (χ1n) is 5.61. The standard InChI is InChI=1S/C13H14N2OS2/c1-10(11-4-6-14-7-5-11)15-12(16)9-18-13-3-2-8-17-13/h2-8,10H,9H2,1H3,(H,15,16).